The molecule has 1 amide bonds. The molecule has 1 N–H and O–H groups in total. The first kappa shape index (κ1) is 15.0. The second-order valence-corrected chi connectivity index (χ2v) is 5.10. The highest BCUT2D eigenvalue weighted by Crippen LogP contribution is 2.10. The van der Waals surface area contributed by atoms with Crippen molar-refractivity contribution < 1.29 is 9.18 Å². The number of nitrogens with zero attached hydrogens (tertiary/aromatic N) is 2. The summed E-state index contributed by atoms with van der Waals surface area (Å²) in [6, 6.07) is 15.6. The fourth-order valence-corrected chi connectivity index (χ4v) is 2.33. The molecule has 1 aromatic heterocycles. The number of amides is 1. The zero-order chi connectivity index (χ0) is 16.1. The maximum atomic E-state index is 13.5. The maximum Gasteiger partial charge on any atom is 0.251 e. The van der Waals surface area contributed by atoms with E-state index in [2.05, 4.69) is 10.4 Å². The Labute approximate surface area is 133 Å². The van der Waals surface area contributed by atoms with Crippen LogP contribution in [0.5, 0.6) is 0 Å². The Morgan fingerprint density at radius 3 is 2.78 bits per heavy atom. The molecule has 0 aliphatic rings. The predicted molar refractivity (Wildman–Crippen MR) is 86.0 cm³/mol. The molecule has 0 unspecified atom stereocenters. The Morgan fingerprint density at radius 1 is 1.13 bits per heavy atom. The van der Waals surface area contributed by atoms with Crippen molar-refractivity contribution in [2.75, 3.05) is 6.54 Å². The Bertz CT molecular complexity index is 800. The Hall–Kier alpha value is -2.95. The van der Waals surface area contributed by atoms with Gasteiger partial charge in [-0.3, -0.25) is 4.79 Å². The molecule has 5 heteroatoms. The van der Waals surface area contributed by atoms with E-state index in [0.29, 0.717) is 24.1 Å². The van der Waals surface area contributed by atoms with Gasteiger partial charge in [-0.2, -0.15) is 5.10 Å². The Kier molecular flexibility index (Phi) is 4.47. The van der Waals surface area contributed by atoms with E-state index in [4.69, 9.17) is 0 Å². The lowest BCUT2D eigenvalue weighted by Gasteiger charge is -2.08. The summed E-state index contributed by atoms with van der Waals surface area (Å²) in [5.41, 5.74) is 1.96. The van der Waals surface area contributed by atoms with Crippen LogP contribution in [0, 0.1) is 5.82 Å². The van der Waals surface area contributed by atoms with E-state index in [-0.39, 0.29) is 11.7 Å². The monoisotopic (exact) mass is 309 g/mol. The highest BCUT2D eigenvalue weighted by molar-refractivity contribution is 5.94. The average Bonchev–Trinajstić information content (AvgIpc) is 3.11. The summed E-state index contributed by atoms with van der Waals surface area (Å²) < 4.78 is 15.2. The van der Waals surface area contributed by atoms with Gasteiger partial charge in [0.25, 0.3) is 5.91 Å². The van der Waals surface area contributed by atoms with Crippen LogP contribution in [0.25, 0.3) is 5.69 Å². The molecule has 1 heterocycles. The molecular formula is C18H16FN3O. The van der Waals surface area contributed by atoms with Gasteiger partial charge < -0.3 is 5.32 Å². The lowest BCUT2D eigenvalue weighted by molar-refractivity contribution is 0.0954. The SMILES string of the molecule is O=C(NCCc1ccccc1F)c1cccc(-n2cccn2)c1. The van der Waals surface area contributed by atoms with Crippen molar-refractivity contribution in [3.63, 3.8) is 0 Å². The molecule has 2 aromatic carbocycles. The smallest absolute Gasteiger partial charge is 0.251 e. The van der Waals surface area contributed by atoms with Gasteiger partial charge in [-0.15, -0.1) is 0 Å². The van der Waals surface area contributed by atoms with E-state index < -0.39 is 0 Å². The summed E-state index contributed by atoms with van der Waals surface area (Å²) in [5.74, 6) is -0.433. The molecule has 0 aliphatic heterocycles. The average molecular weight is 309 g/mol. The number of carbonyl (C=O) groups excluding carboxylic acids is 1. The van der Waals surface area contributed by atoms with Crippen molar-refractivity contribution in [2.24, 2.45) is 0 Å². The molecule has 0 saturated heterocycles. The summed E-state index contributed by atoms with van der Waals surface area (Å²) >= 11 is 0. The van der Waals surface area contributed by atoms with Crippen molar-refractivity contribution in [2.45, 2.75) is 6.42 Å². The van der Waals surface area contributed by atoms with Gasteiger partial charge >= 0.3 is 0 Å². The summed E-state index contributed by atoms with van der Waals surface area (Å²) in [6.07, 6.45) is 3.95. The van der Waals surface area contributed by atoms with Gasteiger partial charge in [0, 0.05) is 24.5 Å². The van der Waals surface area contributed by atoms with Crippen LogP contribution in [0.3, 0.4) is 0 Å². The summed E-state index contributed by atoms with van der Waals surface area (Å²) in [5, 5.41) is 6.95. The third kappa shape index (κ3) is 3.63. The van der Waals surface area contributed by atoms with Crippen LogP contribution in [0.4, 0.5) is 4.39 Å². The molecule has 0 aliphatic carbocycles. The molecule has 3 rings (SSSR count). The van der Waals surface area contributed by atoms with Crippen LogP contribution in [0.1, 0.15) is 15.9 Å². The number of benzene rings is 2. The van der Waals surface area contributed by atoms with Crippen molar-refractivity contribution in [1.29, 1.82) is 0 Å². The molecular weight excluding hydrogens is 293 g/mol. The second-order valence-electron chi connectivity index (χ2n) is 5.10. The topological polar surface area (TPSA) is 46.9 Å². The minimum atomic E-state index is -0.248. The molecule has 0 atom stereocenters. The highest BCUT2D eigenvalue weighted by Gasteiger charge is 2.07. The highest BCUT2D eigenvalue weighted by atomic mass is 19.1. The van der Waals surface area contributed by atoms with Gasteiger partial charge in [-0.1, -0.05) is 24.3 Å². The number of hydrogen-bond acceptors (Lipinski definition) is 2. The zero-order valence-electron chi connectivity index (χ0n) is 12.4. The molecule has 0 saturated carbocycles. The van der Waals surface area contributed by atoms with Gasteiger partial charge in [0.15, 0.2) is 0 Å². The minimum Gasteiger partial charge on any atom is -0.352 e. The molecule has 0 bridgehead atoms. The number of hydrogen-bond donors (Lipinski definition) is 1. The maximum absolute atomic E-state index is 13.5. The van der Waals surface area contributed by atoms with E-state index in [1.54, 1.807) is 41.2 Å². The molecule has 116 valence electrons. The fourth-order valence-electron chi connectivity index (χ4n) is 2.33. The number of aromatic nitrogens is 2. The normalized spacial score (nSPS) is 10.5. The number of carbonyl (C=O) groups is 1. The summed E-state index contributed by atoms with van der Waals surface area (Å²) in [7, 11) is 0. The third-order valence-electron chi connectivity index (χ3n) is 3.52. The molecule has 0 spiro atoms. The van der Waals surface area contributed by atoms with Crippen LogP contribution < -0.4 is 5.32 Å². The van der Waals surface area contributed by atoms with Crippen LogP contribution in [0.15, 0.2) is 67.0 Å². The van der Waals surface area contributed by atoms with Gasteiger partial charge in [0.2, 0.25) is 0 Å². The minimum absolute atomic E-state index is 0.185. The van der Waals surface area contributed by atoms with Crippen LogP contribution >= 0.6 is 0 Å². The standard InChI is InChI=1S/C18H16FN3O/c19-17-8-2-1-5-14(17)9-11-20-18(23)15-6-3-7-16(13-15)22-12-4-10-21-22/h1-8,10,12-13H,9,11H2,(H,20,23). The van der Waals surface area contributed by atoms with Crippen LogP contribution in [-0.4, -0.2) is 22.2 Å². The Morgan fingerprint density at radius 2 is 2.00 bits per heavy atom. The van der Waals surface area contributed by atoms with Crippen molar-refractivity contribution in [1.82, 2.24) is 15.1 Å². The predicted octanol–water partition coefficient (Wildman–Crippen LogP) is 2.98. The van der Waals surface area contributed by atoms with Crippen molar-refractivity contribution >= 4 is 5.91 Å². The second kappa shape index (κ2) is 6.87. The number of rotatable bonds is 5. The quantitative estimate of drug-likeness (QED) is 0.787. The van der Waals surface area contributed by atoms with Gasteiger partial charge in [0.1, 0.15) is 5.82 Å². The first-order valence-electron chi connectivity index (χ1n) is 7.36. The molecule has 3 aromatic rings. The van der Waals surface area contributed by atoms with Gasteiger partial charge in [-0.05, 0) is 42.3 Å². The Balaban J connectivity index is 1.63. The first-order valence-corrected chi connectivity index (χ1v) is 7.36. The fraction of sp³-hybridized carbons (Fsp3) is 0.111. The molecule has 0 fully saturated rings. The third-order valence-corrected chi connectivity index (χ3v) is 3.52. The van der Waals surface area contributed by atoms with E-state index in [1.807, 2.05) is 24.4 Å². The van der Waals surface area contributed by atoms with Crippen molar-refractivity contribution in [3.05, 3.63) is 83.9 Å². The molecule has 23 heavy (non-hydrogen) atoms. The summed E-state index contributed by atoms with van der Waals surface area (Å²) in [6.45, 7) is 0.381. The van der Waals surface area contributed by atoms with Crippen LogP contribution in [-0.2, 0) is 6.42 Å². The zero-order valence-corrected chi connectivity index (χ0v) is 12.4. The molecule has 0 radical (unpaired) electrons. The first-order chi connectivity index (χ1) is 11.2. The van der Waals surface area contributed by atoms with E-state index >= 15 is 0 Å². The van der Waals surface area contributed by atoms with Crippen molar-refractivity contribution in [3.8, 4) is 5.69 Å². The number of nitrogens with one attached hydrogen (secondary N) is 1. The van der Waals surface area contributed by atoms with E-state index in [0.717, 1.165) is 5.69 Å². The summed E-state index contributed by atoms with van der Waals surface area (Å²) in [4.78, 5) is 12.2. The lowest BCUT2D eigenvalue weighted by atomic mass is 10.1. The van der Waals surface area contributed by atoms with E-state index in [9.17, 15) is 9.18 Å². The van der Waals surface area contributed by atoms with Gasteiger partial charge in [-0.25, -0.2) is 9.07 Å². The van der Waals surface area contributed by atoms with Gasteiger partial charge in [0.05, 0.1) is 5.69 Å². The van der Waals surface area contributed by atoms with E-state index in [1.165, 1.54) is 6.07 Å². The largest absolute Gasteiger partial charge is 0.352 e. The lowest BCUT2D eigenvalue weighted by Crippen LogP contribution is -2.26. The molecule has 4 nitrogen and oxygen atoms in total. The van der Waals surface area contributed by atoms with Crippen LogP contribution in [0.2, 0.25) is 0 Å². The number of halogens is 1.